The summed E-state index contributed by atoms with van der Waals surface area (Å²) in [5.74, 6) is -1.17. The van der Waals surface area contributed by atoms with Gasteiger partial charge in [0, 0.05) is 18.8 Å². The average Bonchev–Trinajstić information content (AvgIpc) is 2.58. The molecule has 2 rings (SSSR count). The summed E-state index contributed by atoms with van der Waals surface area (Å²) >= 11 is 0. The van der Waals surface area contributed by atoms with Crippen LogP contribution < -0.4 is 9.62 Å². The van der Waals surface area contributed by atoms with E-state index in [9.17, 15) is 13.2 Å². The number of nitrogens with one attached hydrogen (secondary N) is 1. The maximum absolute atomic E-state index is 12.5. The number of rotatable bonds is 7. The minimum atomic E-state index is -3.86. The van der Waals surface area contributed by atoms with Crippen LogP contribution in [0.25, 0.3) is 0 Å². The highest BCUT2D eigenvalue weighted by atomic mass is 32.2. The molecular formula is C18H22N2O4S. The van der Waals surface area contributed by atoms with Crippen molar-refractivity contribution >= 4 is 27.4 Å². The number of nitrogens with zero attached hydrogens (tertiary/aromatic N) is 1. The lowest BCUT2D eigenvalue weighted by atomic mass is 10.1. The van der Waals surface area contributed by atoms with Crippen molar-refractivity contribution in [2.75, 3.05) is 22.7 Å². The number of aromatic carboxylic acids is 1. The molecule has 0 aromatic heterocycles. The number of hydrogen-bond donors (Lipinski definition) is 2. The molecule has 134 valence electrons. The summed E-state index contributed by atoms with van der Waals surface area (Å²) in [4.78, 5) is 13.1. The maximum atomic E-state index is 12.5. The minimum absolute atomic E-state index is 0.0727. The van der Waals surface area contributed by atoms with E-state index in [-0.39, 0.29) is 10.5 Å². The largest absolute Gasteiger partial charge is 0.478 e. The Morgan fingerprint density at radius 2 is 1.80 bits per heavy atom. The molecule has 0 radical (unpaired) electrons. The van der Waals surface area contributed by atoms with Gasteiger partial charge in [-0.2, -0.15) is 0 Å². The number of sulfonamides is 1. The van der Waals surface area contributed by atoms with Crippen molar-refractivity contribution in [3.63, 3.8) is 0 Å². The van der Waals surface area contributed by atoms with Gasteiger partial charge >= 0.3 is 5.97 Å². The third kappa shape index (κ3) is 4.30. The highest BCUT2D eigenvalue weighted by Crippen LogP contribution is 2.25. The standard InChI is InChI=1S/C18H22N2O4S/c1-4-20(5-2)15-9-10-17(13(3)11-15)19-25(23,24)16-8-6-7-14(12-16)18(21)22/h6-12,19H,4-5H2,1-3H3,(H,21,22). The zero-order chi connectivity index (χ0) is 18.6. The number of anilines is 2. The molecule has 6 nitrogen and oxygen atoms in total. The fourth-order valence-corrected chi connectivity index (χ4v) is 3.72. The lowest BCUT2D eigenvalue weighted by Crippen LogP contribution is -2.22. The van der Waals surface area contributed by atoms with Gasteiger partial charge < -0.3 is 10.0 Å². The molecular weight excluding hydrogens is 340 g/mol. The molecule has 7 heteroatoms. The lowest BCUT2D eigenvalue weighted by molar-refractivity contribution is 0.0696. The molecule has 0 aliphatic rings. The van der Waals surface area contributed by atoms with Crippen molar-refractivity contribution in [3.05, 3.63) is 53.6 Å². The molecule has 0 saturated carbocycles. The molecule has 0 atom stereocenters. The molecule has 2 aromatic carbocycles. The SMILES string of the molecule is CCN(CC)c1ccc(NS(=O)(=O)c2cccc(C(=O)O)c2)c(C)c1. The summed E-state index contributed by atoms with van der Waals surface area (Å²) in [6.07, 6.45) is 0. The van der Waals surface area contributed by atoms with E-state index in [1.54, 1.807) is 6.07 Å². The van der Waals surface area contributed by atoms with Gasteiger partial charge in [0.15, 0.2) is 0 Å². The van der Waals surface area contributed by atoms with Crippen LogP contribution in [0.5, 0.6) is 0 Å². The number of benzene rings is 2. The summed E-state index contributed by atoms with van der Waals surface area (Å²) in [6.45, 7) is 7.68. The van der Waals surface area contributed by atoms with Gasteiger partial charge in [0.1, 0.15) is 0 Å². The first-order valence-electron chi connectivity index (χ1n) is 8.00. The first-order chi connectivity index (χ1) is 11.8. The predicted molar refractivity (Wildman–Crippen MR) is 98.9 cm³/mol. The predicted octanol–water partition coefficient (Wildman–Crippen LogP) is 3.34. The van der Waals surface area contributed by atoms with Gasteiger partial charge in [-0.3, -0.25) is 4.72 Å². The summed E-state index contributed by atoms with van der Waals surface area (Å²) in [7, 11) is -3.86. The van der Waals surface area contributed by atoms with Crippen LogP contribution in [0.2, 0.25) is 0 Å². The minimum Gasteiger partial charge on any atom is -0.478 e. The fourth-order valence-electron chi connectivity index (χ4n) is 2.55. The number of aryl methyl sites for hydroxylation is 1. The Morgan fingerprint density at radius 3 is 2.36 bits per heavy atom. The Bertz CT molecular complexity index is 874. The highest BCUT2D eigenvalue weighted by molar-refractivity contribution is 7.92. The molecule has 25 heavy (non-hydrogen) atoms. The molecule has 0 fully saturated rings. The molecule has 0 bridgehead atoms. The first kappa shape index (κ1) is 18.8. The normalized spacial score (nSPS) is 11.2. The zero-order valence-electron chi connectivity index (χ0n) is 14.5. The third-order valence-corrected chi connectivity index (χ3v) is 5.34. The van der Waals surface area contributed by atoms with Gasteiger partial charge in [0.05, 0.1) is 16.1 Å². The van der Waals surface area contributed by atoms with Crippen LogP contribution in [0, 0.1) is 6.92 Å². The van der Waals surface area contributed by atoms with Gasteiger partial charge in [-0.1, -0.05) is 6.07 Å². The number of carboxylic acid groups (broad SMARTS) is 1. The van der Waals surface area contributed by atoms with Crippen molar-refractivity contribution < 1.29 is 18.3 Å². The van der Waals surface area contributed by atoms with Gasteiger partial charge in [-0.05, 0) is 62.7 Å². The Labute approximate surface area is 148 Å². The molecule has 0 amide bonds. The van der Waals surface area contributed by atoms with Gasteiger partial charge in [0.25, 0.3) is 10.0 Å². The van der Waals surface area contributed by atoms with Crippen LogP contribution in [-0.2, 0) is 10.0 Å². The highest BCUT2D eigenvalue weighted by Gasteiger charge is 2.17. The molecule has 0 aliphatic heterocycles. The Balaban J connectivity index is 2.32. The molecule has 0 heterocycles. The van der Waals surface area contributed by atoms with Crippen LogP contribution in [0.15, 0.2) is 47.4 Å². The maximum Gasteiger partial charge on any atom is 0.335 e. The summed E-state index contributed by atoms with van der Waals surface area (Å²) < 4.78 is 27.6. The van der Waals surface area contributed by atoms with Crippen molar-refractivity contribution in [2.24, 2.45) is 0 Å². The van der Waals surface area contributed by atoms with Crippen LogP contribution in [-0.4, -0.2) is 32.6 Å². The van der Waals surface area contributed by atoms with Crippen molar-refractivity contribution in [2.45, 2.75) is 25.7 Å². The second-order valence-electron chi connectivity index (χ2n) is 5.61. The van der Waals surface area contributed by atoms with E-state index in [1.165, 1.54) is 18.2 Å². The molecule has 2 aromatic rings. The van der Waals surface area contributed by atoms with Gasteiger partial charge in [-0.15, -0.1) is 0 Å². The van der Waals surface area contributed by atoms with E-state index in [4.69, 9.17) is 5.11 Å². The van der Waals surface area contributed by atoms with E-state index in [2.05, 4.69) is 23.5 Å². The average molecular weight is 362 g/mol. The van der Waals surface area contributed by atoms with Crippen LogP contribution >= 0.6 is 0 Å². The van der Waals surface area contributed by atoms with E-state index in [1.807, 2.05) is 19.1 Å². The van der Waals surface area contributed by atoms with E-state index < -0.39 is 16.0 Å². The van der Waals surface area contributed by atoms with Crippen molar-refractivity contribution in [3.8, 4) is 0 Å². The quantitative estimate of drug-likeness (QED) is 0.789. The molecule has 0 aliphatic carbocycles. The number of carboxylic acids is 1. The number of hydrogen-bond acceptors (Lipinski definition) is 4. The van der Waals surface area contributed by atoms with Gasteiger partial charge in [0.2, 0.25) is 0 Å². The molecule has 0 saturated heterocycles. The fraction of sp³-hybridized carbons (Fsp3) is 0.278. The zero-order valence-corrected chi connectivity index (χ0v) is 15.3. The Morgan fingerprint density at radius 1 is 1.12 bits per heavy atom. The van der Waals surface area contributed by atoms with Crippen LogP contribution in [0.4, 0.5) is 11.4 Å². The Kier molecular flexibility index (Phi) is 5.69. The number of carbonyl (C=O) groups is 1. The van der Waals surface area contributed by atoms with Crippen molar-refractivity contribution in [1.29, 1.82) is 0 Å². The molecule has 0 spiro atoms. The summed E-state index contributed by atoms with van der Waals surface area (Å²) in [5.41, 5.74) is 2.22. The van der Waals surface area contributed by atoms with E-state index in [0.717, 1.165) is 30.4 Å². The first-order valence-corrected chi connectivity index (χ1v) is 9.48. The lowest BCUT2D eigenvalue weighted by Gasteiger charge is -2.22. The monoisotopic (exact) mass is 362 g/mol. The topological polar surface area (TPSA) is 86.7 Å². The van der Waals surface area contributed by atoms with Gasteiger partial charge in [-0.25, -0.2) is 13.2 Å². The molecule has 2 N–H and O–H groups in total. The van der Waals surface area contributed by atoms with Crippen molar-refractivity contribution in [1.82, 2.24) is 0 Å². The van der Waals surface area contributed by atoms with Crippen LogP contribution in [0.1, 0.15) is 29.8 Å². The molecule has 0 unspecified atom stereocenters. The van der Waals surface area contributed by atoms with E-state index in [0.29, 0.717) is 5.69 Å². The second-order valence-corrected chi connectivity index (χ2v) is 7.29. The Hall–Kier alpha value is -2.54. The summed E-state index contributed by atoms with van der Waals surface area (Å²) in [6, 6.07) is 10.8. The third-order valence-electron chi connectivity index (χ3n) is 3.97. The van der Waals surface area contributed by atoms with E-state index >= 15 is 0 Å². The van der Waals surface area contributed by atoms with Crippen LogP contribution in [0.3, 0.4) is 0 Å². The smallest absolute Gasteiger partial charge is 0.335 e. The second kappa shape index (κ2) is 7.57. The summed E-state index contributed by atoms with van der Waals surface area (Å²) in [5, 5.41) is 9.02.